The van der Waals surface area contributed by atoms with Crippen LogP contribution in [0.15, 0.2) is 18.2 Å². The largest absolute Gasteiger partial charge is 0.453 e. The zero-order chi connectivity index (χ0) is 15.1. The Morgan fingerprint density at radius 1 is 1.00 bits per heavy atom. The normalized spacial score (nSPS) is 9.35. The van der Waals surface area contributed by atoms with Crippen LogP contribution in [-0.4, -0.2) is 32.4 Å². The predicted octanol–water partition coefficient (Wildman–Crippen LogP) is 1.97. The van der Waals surface area contributed by atoms with E-state index in [9.17, 15) is 14.4 Å². The minimum atomic E-state index is -0.716. The molecule has 8 nitrogen and oxygen atoms in total. The summed E-state index contributed by atoms with van der Waals surface area (Å²) in [5.74, 6) is -0.509. The molecule has 0 atom stereocenters. The lowest BCUT2D eigenvalue weighted by molar-refractivity contribution is -0.131. The van der Waals surface area contributed by atoms with Gasteiger partial charge in [-0.2, -0.15) is 0 Å². The molecule has 0 bridgehead atoms. The summed E-state index contributed by atoms with van der Waals surface area (Å²) >= 11 is 0. The van der Waals surface area contributed by atoms with Crippen LogP contribution in [0.25, 0.3) is 0 Å². The third kappa shape index (κ3) is 4.48. The fourth-order valence-electron chi connectivity index (χ4n) is 1.27. The molecule has 0 spiro atoms. The van der Waals surface area contributed by atoms with E-state index in [1.54, 1.807) is 0 Å². The van der Waals surface area contributed by atoms with E-state index in [0.29, 0.717) is 5.69 Å². The van der Waals surface area contributed by atoms with Crippen molar-refractivity contribution in [2.45, 2.75) is 6.92 Å². The van der Waals surface area contributed by atoms with Gasteiger partial charge >= 0.3 is 18.2 Å². The zero-order valence-electron chi connectivity index (χ0n) is 11.2. The smallest absolute Gasteiger partial charge is 0.411 e. The molecule has 2 amide bonds. The molecule has 1 aromatic rings. The van der Waals surface area contributed by atoms with Crippen LogP contribution in [0.1, 0.15) is 6.92 Å². The quantitative estimate of drug-likeness (QED) is 0.649. The molecule has 8 heteroatoms. The number of hydrogen-bond acceptors (Lipinski definition) is 6. The van der Waals surface area contributed by atoms with Crippen molar-refractivity contribution in [2.75, 3.05) is 24.9 Å². The summed E-state index contributed by atoms with van der Waals surface area (Å²) in [6.07, 6.45) is -1.39. The molecule has 0 heterocycles. The second-order valence-corrected chi connectivity index (χ2v) is 3.54. The van der Waals surface area contributed by atoms with Gasteiger partial charge in [0, 0.05) is 18.7 Å². The Bertz CT molecular complexity index is 529. The number of hydrogen-bond donors (Lipinski definition) is 2. The first-order valence-electron chi connectivity index (χ1n) is 5.48. The lowest BCUT2D eigenvalue weighted by Gasteiger charge is -2.12. The Morgan fingerprint density at radius 2 is 1.60 bits per heavy atom. The molecule has 1 rings (SSSR count). The van der Waals surface area contributed by atoms with Crippen molar-refractivity contribution >= 4 is 29.5 Å². The van der Waals surface area contributed by atoms with Crippen molar-refractivity contribution < 1.29 is 28.6 Å². The predicted molar refractivity (Wildman–Crippen MR) is 69.8 cm³/mol. The first-order chi connectivity index (χ1) is 9.46. The summed E-state index contributed by atoms with van der Waals surface area (Å²) in [6, 6.07) is 4.30. The molecule has 0 aromatic heterocycles. The Kier molecular flexibility index (Phi) is 5.33. The second-order valence-electron chi connectivity index (χ2n) is 3.54. The zero-order valence-corrected chi connectivity index (χ0v) is 11.2. The van der Waals surface area contributed by atoms with Crippen LogP contribution in [0.5, 0.6) is 5.75 Å². The lowest BCUT2D eigenvalue weighted by Crippen LogP contribution is -2.14. The summed E-state index contributed by atoms with van der Waals surface area (Å²) in [5, 5.41) is 4.78. The number of esters is 1. The highest BCUT2D eigenvalue weighted by molar-refractivity contribution is 5.90. The topological polar surface area (TPSA) is 103 Å². The maximum atomic E-state index is 11.2. The fraction of sp³-hybridized carbons (Fsp3) is 0.250. The van der Waals surface area contributed by atoms with Crippen molar-refractivity contribution in [2.24, 2.45) is 0 Å². The molecule has 0 unspecified atom stereocenters. The number of methoxy groups -OCH3 is 2. The maximum absolute atomic E-state index is 11.2. The highest BCUT2D eigenvalue weighted by Gasteiger charge is 2.12. The van der Waals surface area contributed by atoms with Crippen LogP contribution in [0.3, 0.4) is 0 Å². The standard InChI is InChI=1S/C12H14N2O6/c1-7(15)20-10-6-8(13-11(16)18-2)4-5-9(10)14-12(17)19-3/h4-6H,1-3H3,(H,13,16)(H,14,17). The van der Waals surface area contributed by atoms with E-state index in [4.69, 9.17) is 4.74 Å². The number of carbonyl (C=O) groups is 3. The Balaban J connectivity index is 3.02. The molecule has 0 saturated heterocycles. The summed E-state index contributed by atoms with van der Waals surface area (Å²) in [4.78, 5) is 33.3. The Morgan fingerprint density at radius 3 is 2.15 bits per heavy atom. The highest BCUT2D eigenvalue weighted by atomic mass is 16.5. The molecule has 0 saturated carbocycles. The monoisotopic (exact) mass is 282 g/mol. The average Bonchev–Trinajstić information content (AvgIpc) is 2.40. The van der Waals surface area contributed by atoms with Gasteiger partial charge in [0.05, 0.1) is 19.9 Å². The van der Waals surface area contributed by atoms with Crippen LogP contribution < -0.4 is 15.4 Å². The van der Waals surface area contributed by atoms with Gasteiger partial charge in [-0.1, -0.05) is 0 Å². The minimum absolute atomic E-state index is 0.0665. The molecular formula is C12H14N2O6. The number of rotatable bonds is 3. The van der Waals surface area contributed by atoms with Crippen LogP contribution in [0, 0.1) is 0 Å². The molecule has 108 valence electrons. The van der Waals surface area contributed by atoms with E-state index in [1.807, 2.05) is 0 Å². The molecule has 1 aromatic carbocycles. The fourth-order valence-corrected chi connectivity index (χ4v) is 1.27. The first-order valence-corrected chi connectivity index (χ1v) is 5.48. The summed E-state index contributed by atoms with van der Waals surface area (Å²) in [7, 11) is 2.42. The van der Waals surface area contributed by atoms with Crippen molar-refractivity contribution in [3.63, 3.8) is 0 Å². The van der Waals surface area contributed by atoms with Gasteiger partial charge < -0.3 is 14.2 Å². The highest BCUT2D eigenvalue weighted by Crippen LogP contribution is 2.28. The number of ether oxygens (including phenoxy) is 3. The van der Waals surface area contributed by atoms with Gasteiger partial charge in [0.25, 0.3) is 0 Å². The van der Waals surface area contributed by atoms with E-state index < -0.39 is 18.2 Å². The van der Waals surface area contributed by atoms with Gasteiger partial charge in [0.1, 0.15) is 0 Å². The van der Waals surface area contributed by atoms with E-state index >= 15 is 0 Å². The Hall–Kier alpha value is -2.77. The van der Waals surface area contributed by atoms with Crippen LogP contribution in [-0.2, 0) is 14.3 Å². The molecule has 0 aliphatic carbocycles. The number of amides is 2. The maximum Gasteiger partial charge on any atom is 0.411 e. The molecule has 0 radical (unpaired) electrons. The average molecular weight is 282 g/mol. The molecular weight excluding hydrogens is 268 g/mol. The molecule has 2 N–H and O–H groups in total. The van der Waals surface area contributed by atoms with Gasteiger partial charge in [0.15, 0.2) is 5.75 Å². The number of nitrogens with one attached hydrogen (secondary N) is 2. The molecule has 20 heavy (non-hydrogen) atoms. The lowest BCUT2D eigenvalue weighted by atomic mass is 10.2. The third-order valence-corrected chi connectivity index (χ3v) is 2.09. The van der Waals surface area contributed by atoms with Crippen molar-refractivity contribution in [1.82, 2.24) is 0 Å². The minimum Gasteiger partial charge on any atom is -0.453 e. The first kappa shape index (κ1) is 15.3. The second kappa shape index (κ2) is 6.98. The van der Waals surface area contributed by atoms with Gasteiger partial charge in [-0.3, -0.25) is 15.4 Å². The van der Waals surface area contributed by atoms with E-state index in [0.717, 1.165) is 0 Å². The SMILES string of the molecule is COC(=O)Nc1ccc(NC(=O)OC)c(OC(C)=O)c1. The van der Waals surface area contributed by atoms with Crippen molar-refractivity contribution in [1.29, 1.82) is 0 Å². The van der Waals surface area contributed by atoms with Crippen LogP contribution in [0.2, 0.25) is 0 Å². The van der Waals surface area contributed by atoms with Gasteiger partial charge in [-0.15, -0.1) is 0 Å². The summed E-state index contributed by atoms with van der Waals surface area (Å²) in [5.41, 5.74) is 0.561. The molecule has 0 aliphatic rings. The van der Waals surface area contributed by atoms with Crippen LogP contribution >= 0.6 is 0 Å². The van der Waals surface area contributed by atoms with Gasteiger partial charge in [0.2, 0.25) is 0 Å². The van der Waals surface area contributed by atoms with Gasteiger partial charge in [-0.05, 0) is 12.1 Å². The van der Waals surface area contributed by atoms with Crippen molar-refractivity contribution in [3.05, 3.63) is 18.2 Å². The van der Waals surface area contributed by atoms with Crippen LogP contribution in [0.4, 0.5) is 21.0 Å². The summed E-state index contributed by atoms with van der Waals surface area (Å²) in [6.45, 7) is 1.21. The Labute approximate surface area is 115 Å². The summed E-state index contributed by atoms with van der Waals surface area (Å²) < 4.78 is 13.8. The third-order valence-electron chi connectivity index (χ3n) is 2.09. The molecule has 0 fully saturated rings. The number of benzene rings is 1. The number of carbonyl (C=O) groups excluding carboxylic acids is 3. The van der Waals surface area contributed by atoms with Crippen molar-refractivity contribution in [3.8, 4) is 5.75 Å². The number of anilines is 2. The van der Waals surface area contributed by atoms with E-state index in [2.05, 4.69) is 20.1 Å². The van der Waals surface area contributed by atoms with E-state index in [1.165, 1.54) is 39.3 Å². The van der Waals surface area contributed by atoms with E-state index in [-0.39, 0.29) is 11.4 Å². The van der Waals surface area contributed by atoms with Gasteiger partial charge in [-0.25, -0.2) is 9.59 Å². The molecule has 0 aliphatic heterocycles.